The van der Waals surface area contributed by atoms with Gasteiger partial charge < -0.3 is 15.2 Å². The minimum absolute atomic E-state index is 0.449. The van der Waals surface area contributed by atoms with Gasteiger partial charge in [-0.25, -0.2) is 4.98 Å². The average molecular weight is 398 g/mol. The molecule has 0 fully saturated rings. The molecule has 0 radical (unpaired) electrons. The highest BCUT2D eigenvalue weighted by atomic mass is 16.6. The van der Waals surface area contributed by atoms with Crippen LogP contribution in [0.2, 0.25) is 0 Å². The number of carbonyl (C=O) groups excluding carboxylic acids is 1. The van der Waals surface area contributed by atoms with E-state index in [0.29, 0.717) is 24.5 Å². The molecule has 0 bridgehead atoms. The van der Waals surface area contributed by atoms with Crippen LogP contribution in [-0.2, 0) is 0 Å². The minimum atomic E-state index is -0.464. The third-order valence-corrected chi connectivity index (χ3v) is 4.92. The zero-order valence-corrected chi connectivity index (χ0v) is 16.0. The first kappa shape index (κ1) is 17.9. The molecule has 7 heteroatoms. The third kappa shape index (κ3) is 3.16. The summed E-state index contributed by atoms with van der Waals surface area (Å²) >= 11 is 0. The Morgan fingerprint density at radius 3 is 2.47 bits per heavy atom. The van der Waals surface area contributed by atoms with Crippen molar-refractivity contribution in [3.63, 3.8) is 0 Å². The van der Waals surface area contributed by atoms with Crippen LogP contribution in [0.1, 0.15) is 10.4 Å². The van der Waals surface area contributed by atoms with Crippen molar-refractivity contribution in [3.8, 4) is 39.8 Å². The fraction of sp³-hybridized carbons (Fsp3) is 0.0870. The largest absolute Gasteiger partial charge is 0.486 e. The Morgan fingerprint density at radius 2 is 1.73 bits per heavy atom. The van der Waals surface area contributed by atoms with Crippen LogP contribution in [0.25, 0.3) is 28.3 Å². The van der Waals surface area contributed by atoms with E-state index in [9.17, 15) is 4.79 Å². The number of fused-ring (bicyclic) bond motifs is 1. The van der Waals surface area contributed by atoms with E-state index in [1.54, 1.807) is 24.7 Å². The van der Waals surface area contributed by atoms with E-state index < -0.39 is 5.91 Å². The van der Waals surface area contributed by atoms with Crippen molar-refractivity contribution >= 4 is 5.91 Å². The first-order valence-corrected chi connectivity index (χ1v) is 9.50. The van der Waals surface area contributed by atoms with Crippen molar-refractivity contribution in [2.45, 2.75) is 0 Å². The summed E-state index contributed by atoms with van der Waals surface area (Å²) < 4.78 is 13.3. The average Bonchev–Trinajstić information content (AvgIpc) is 3.24. The van der Waals surface area contributed by atoms with Gasteiger partial charge in [0.2, 0.25) is 5.91 Å². The van der Waals surface area contributed by atoms with E-state index in [1.807, 2.05) is 53.1 Å². The zero-order valence-electron chi connectivity index (χ0n) is 16.0. The quantitative estimate of drug-likeness (QED) is 0.568. The van der Waals surface area contributed by atoms with Gasteiger partial charge in [-0.15, -0.1) is 0 Å². The van der Waals surface area contributed by atoms with Crippen LogP contribution in [-0.4, -0.2) is 33.7 Å². The lowest BCUT2D eigenvalue weighted by atomic mass is 10.1. The van der Waals surface area contributed by atoms with E-state index in [4.69, 9.17) is 15.2 Å². The second kappa shape index (κ2) is 7.36. The maximum atomic E-state index is 11.4. The topological polar surface area (TPSA) is 92.3 Å². The van der Waals surface area contributed by atoms with Gasteiger partial charge in [0.15, 0.2) is 11.5 Å². The molecular formula is C23H18N4O3. The van der Waals surface area contributed by atoms with E-state index >= 15 is 0 Å². The maximum absolute atomic E-state index is 11.4. The Kier molecular flexibility index (Phi) is 4.40. The van der Waals surface area contributed by atoms with Crippen LogP contribution in [0.15, 0.2) is 73.2 Å². The Bertz CT molecular complexity index is 1220. The zero-order chi connectivity index (χ0) is 20.5. The SMILES string of the molecule is NC(=O)c1ccc(-n2cnc(-c3ccc4c(c3)OCCO4)c2-c2ccccn2)cc1. The van der Waals surface area contributed by atoms with Crippen LogP contribution < -0.4 is 15.2 Å². The standard InChI is InChI=1S/C23H18N4O3/c24-23(28)15-4-7-17(8-5-15)27-14-26-21(22(27)18-3-1-2-10-25-18)16-6-9-19-20(13-16)30-12-11-29-19/h1-10,13-14H,11-12H2,(H2,24,28). The highest BCUT2D eigenvalue weighted by Crippen LogP contribution is 2.38. The number of rotatable bonds is 4. The van der Waals surface area contributed by atoms with E-state index in [-0.39, 0.29) is 0 Å². The van der Waals surface area contributed by atoms with Gasteiger partial charge in [-0.1, -0.05) is 6.07 Å². The van der Waals surface area contributed by atoms with Crippen molar-refractivity contribution in [2.75, 3.05) is 13.2 Å². The Labute approximate surface area is 172 Å². The second-order valence-electron chi connectivity index (χ2n) is 6.80. The number of nitrogens with two attached hydrogens (primary N) is 1. The van der Waals surface area contributed by atoms with Crippen molar-refractivity contribution in [1.29, 1.82) is 0 Å². The summed E-state index contributed by atoms with van der Waals surface area (Å²) in [6.07, 6.45) is 3.49. The highest BCUT2D eigenvalue weighted by Gasteiger charge is 2.20. The van der Waals surface area contributed by atoms with Crippen LogP contribution in [0.3, 0.4) is 0 Å². The lowest BCUT2D eigenvalue weighted by Gasteiger charge is -2.19. The number of pyridine rings is 1. The number of carbonyl (C=O) groups is 1. The number of imidazole rings is 1. The summed E-state index contributed by atoms with van der Waals surface area (Å²) in [6, 6.07) is 18.6. The number of hydrogen-bond acceptors (Lipinski definition) is 5. The highest BCUT2D eigenvalue weighted by molar-refractivity contribution is 5.93. The lowest BCUT2D eigenvalue weighted by Crippen LogP contribution is -2.15. The monoisotopic (exact) mass is 398 g/mol. The van der Waals surface area contributed by atoms with Gasteiger partial charge in [-0.3, -0.25) is 14.3 Å². The van der Waals surface area contributed by atoms with E-state index in [0.717, 1.165) is 34.1 Å². The maximum Gasteiger partial charge on any atom is 0.248 e. The first-order chi connectivity index (χ1) is 14.7. The molecule has 0 spiro atoms. The van der Waals surface area contributed by atoms with Gasteiger partial charge in [-0.05, 0) is 54.6 Å². The summed E-state index contributed by atoms with van der Waals surface area (Å²) in [6.45, 7) is 1.06. The Morgan fingerprint density at radius 1 is 0.933 bits per heavy atom. The molecule has 2 aromatic heterocycles. The van der Waals surface area contributed by atoms with Crippen LogP contribution in [0, 0.1) is 0 Å². The molecule has 1 aliphatic heterocycles. The molecule has 30 heavy (non-hydrogen) atoms. The lowest BCUT2D eigenvalue weighted by molar-refractivity contribution is 0.100. The predicted octanol–water partition coefficient (Wildman–Crippen LogP) is 3.47. The molecule has 0 saturated heterocycles. The third-order valence-electron chi connectivity index (χ3n) is 4.92. The van der Waals surface area contributed by atoms with Gasteiger partial charge in [0.25, 0.3) is 0 Å². The molecule has 7 nitrogen and oxygen atoms in total. The molecule has 5 rings (SSSR count). The van der Waals surface area contributed by atoms with E-state index in [1.165, 1.54) is 0 Å². The Hall–Kier alpha value is -4.13. The Balaban J connectivity index is 1.66. The summed E-state index contributed by atoms with van der Waals surface area (Å²) in [4.78, 5) is 20.6. The molecule has 4 aromatic rings. The fourth-order valence-electron chi connectivity index (χ4n) is 3.48. The number of ether oxygens (including phenoxy) is 2. The van der Waals surface area contributed by atoms with Crippen molar-refractivity contribution in [2.24, 2.45) is 5.73 Å². The van der Waals surface area contributed by atoms with E-state index in [2.05, 4.69) is 9.97 Å². The normalized spacial score (nSPS) is 12.5. The van der Waals surface area contributed by atoms with Crippen LogP contribution in [0.4, 0.5) is 0 Å². The number of primary amides is 1. The molecule has 2 aromatic carbocycles. The van der Waals surface area contributed by atoms with Crippen molar-refractivity contribution in [1.82, 2.24) is 14.5 Å². The second-order valence-corrected chi connectivity index (χ2v) is 6.80. The molecular weight excluding hydrogens is 380 g/mol. The van der Waals surface area contributed by atoms with Crippen molar-refractivity contribution in [3.05, 3.63) is 78.8 Å². The predicted molar refractivity (Wildman–Crippen MR) is 112 cm³/mol. The fourth-order valence-corrected chi connectivity index (χ4v) is 3.48. The van der Waals surface area contributed by atoms with Crippen LogP contribution in [0.5, 0.6) is 11.5 Å². The van der Waals surface area contributed by atoms with Gasteiger partial charge in [0, 0.05) is 23.0 Å². The summed E-state index contributed by atoms with van der Waals surface area (Å²) in [5.41, 5.74) is 9.94. The van der Waals surface area contributed by atoms with Gasteiger partial charge >= 0.3 is 0 Å². The number of benzene rings is 2. The van der Waals surface area contributed by atoms with Crippen LogP contribution >= 0.6 is 0 Å². The molecule has 1 aliphatic rings. The summed E-state index contributed by atoms with van der Waals surface area (Å²) in [5, 5.41) is 0. The number of nitrogens with zero attached hydrogens (tertiary/aromatic N) is 3. The molecule has 2 N–H and O–H groups in total. The van der Waals surface area contributed by atoms with Gasteiger partial charge in [-0.2, -0.15) is 0 Å². The minimum Gasteiger partial charge on any atom is -0.486 e. The molecule has 0 saturated carbocycles. The van der Waals surface area contributed by atoms with Crippen molar-refractivity contribution < 1.29 is 14.3 Å². The number of amides is 1. The van der Waals surface area contributed by atoms with Gasteiger partial charge in [0.1, 0.15) is 19.5 Å². The summed E-state index contributed by atoms with van der Waals surface area (Å²) in [7, 11) is 0. The van der Waals surface area contributed by atoms with Gasteiger partial charge in [0.05, 0.1) is 17.1 Å². The first-order valence-electron chi connectivity index (χ1n) is 9.50. The number of hydrogen-bond donors (Lipinski definition) is 1. The smallest absolute Gasteiger partial charge is 0.248 e. The molecule has 148 valence electrons. The molecule has 0 atom stereocenters. The molecule has 3 heterocycles. The number of aromatic nitrogens is 3. The molecule has 1 amide bonds. The molecule has 0 unspecified atom stereocenters. The molecule has 0 aliphatic carbocycles. The summed E-state index contributed by atoms with van der Waals surface area (Å²) in [5.74, 6) is 0.964.